The fourth-order valence-corrected chi connectivity index (χ4v) is 5.55. The van der Waals surface area contributed by atoms with Crippen molar-refractivity contribution in [1.82, 2.24) is 0 Å². The van der Waals surface area contributed by atoms with E-state index in [1.54, 1.807) is 12.1 Å². The van der Waals surface area contributed by atoms with Gasteiger partial charge in [-0.1, -0.05) is 107 Å². The molecule has 196 valence electrons. The number of benzene rings is 4. The molecule has 0 fully saturated rings. The molecule has 1 atom stereocenters. The maximum absolute atomic E-state index is 12.6. The summed E-state index contributed by atoms with van der Waals surface area (Å²) in [5, 5.41) is 11.6. The lowest BCUT2D eigenvalue weighted by Crippen LogP contribution is -2.22. The number of allylic oxidation sites excluding steroid dienone is 1. The number of hydrogen-bond acceptors (Lipinski definition) is 6. The van der Waals surface area contributed by atoms with E-state index in [0.29, 0.717) is 11.3 Å². The SMILES string of the molecule is N#CC1=C(N)Oc2cc(OC(=O)COc3c(Cl)c(Cl)c(Cl)c(Cl)c3Cl)ccc2C1c1cccc2ccccc12. The fourth-order valence-electron chi connectivity index (χ4n) is 4.32. The van der Waals surface area contributed by atoms with Crippen LogP contribution >= 0.6 is 58.0 Å². The zero-order valence-corrected chi connectivity index (χ0v) is 23.4. The van der Waals surface area contributed by atoms with Gasteiger partial charge in [-0.15, -0.1) is 0 Å². The second-order valence-electron chi connectivity index (χ2n) is 8.35. The normalized spacial score (nSPS) is 14.4. The van der Waals surface area contributed by atoms with Crippen LogP contribution in [0, 0.1) is 11.3 Å². The van der Waals surface area contributed by atoms with Crippen LogP contribution < -0.4 is 19.9 Å². The summed E-state index contributed by atoms with van der Waals surface area (Å²) in [6.07, 6.45) is 0. The molecule has 0 aromatic heterocycles. The van der Waals surface area contributed by atoms with Gasteiger partial charge in [0, 0.05) is 11.6 Å². The molecular formula is C28H15Cl5N2O4. The van der Waals surface area contributed by atoms with E-state index in [4.69, 9.17) is 77.9 Å². The van der Waals surface area contributed by atoms with Gasteiger partial charge in [-0.2, -0.15) is 5.26 Å². The molecule has 6 nitrogen and oxygen atoms in total. The predicted molar refractivity (Wildman–Crippen MR) is 152 cm³/mol. The number of nitriles is 1. The van der Waals surface area contributed by atoms with E-state index < -0.39 is 18.5 Å². The molecule has 5 rings (SSSR count). The van der Waals surface area contributed by atoms with Crippen LogP contribution in [0.5, 0.6) is 17.2 Å². The van der Waals surface area contributed by atoms with Crippen LogP contribution in [0.15, 0.2) is 72.1 Å². The van der Waals surface area contributed by atoms with E-state index >= 15 is 0 Å². The standard InChI is InChI=1S/C28H15Cl5N2O4/c29-22-23(30)25(32)27(26(33)24(22)31)37-12-20(36)38-14-8-9-17-19(10-14)39-28(35)18(11-34)21(17)16-7-3-5-13-4-1-2-6-15(13)16/h1-10,21H,12,35H2. The fraction of sp³-hybridized carbons (Fsp3) is 0.0714. The molecule has 0 saturated heterocycles. The topological polar surface area (TPSA) is 94.6 Å². The number of nitrogens with two attached hydrogens (primary N) is 1. The number of nitrogens with zero attached hydrogens (tertiary/aromatic N) is 1. The van der Waals surface area contributed by atoms with Crippen molar-refractivity contribution in [3.63, 3.8) is 0 Å². The van der Waals surface area contributed by atoms with Crippen molar-refractivity contribution >= 4 is 74.7 Å². The number of carbonyl (C=O) groups is 1. The Kier molecular flexibility index (Phi) is 7.73. The third kappa shape index (κ3) is 5.05. The van der Waals surface area contributed by atoms with E-state index in [2.05, 4.69) is 6.07 Å². The molecule has 0 amide bonds. The second-order valence-corrected chi connectivity index (χ2v) is 10.2. The first kappa shape index (κ1) is 27.3. The number of ether oxygens (including phenoxy) is 3. The smallest absolute Gasteiger partial charge is 0.349 e. The van der Waals surface area contributed by atoms with Gasteiger partial charge in [0.25, 0.3) is 0 Å². The van der Waals surface area contributed by atoms with Gasteiger partial charge < -0.3 is 19.9 Å². The zero-order valence-electron chi connectivity index (χ0n) is 19.6. The molecule has 1 aliphatic heterocycles. The number of rotatable bonds is 5. The van der Waals surface area contributed by atoms with Crippen LogP contribution in [0.1, 0.15) is 17.0 Å². The quantitative estimate of drug-likeness (QED) is 0.104. The summed E-state index contributed by atoms with van der Waals surface area (Å²) in [6.45, 7) is -0.565. The molecule has 1 aliphatic rings. The van der Waals surface area contributed by atoms with Crippen LogP contribution in [-0.2, 0) is 4.79 Å². The van der Waals surface area contributed by atoms with Crippen molar-refractivity contribution < 1.29 is 19.0 Å². The molecule has 2 N–H and O–H groups in total. The summed E-state index contributed by atoms with van der Waals surface area (Å²) < 4.78 is 16.6. The maximum atomic E-state index is 12.6. The Morgan fingerprint density at radius 3 is 2.28 bits per heavy atom. The molecule has 39 heavy (non-hydrogen) atoms. The van der Waals surface area contributed by atoms with Crippen molar-refractivity contribution in [1.29, 1.82) is 5.26 Å². The Hall–Kier alpha value is -3.31. The number of fused-ring (bicyclic) bond motifs is 2. The van der Waals surface area contributed by atoms with Crippen molar-refractivity contribution in [3.8, 4) is 23.3 Å². The Bertz CT molecular complexity index is 1700. The average Bonchev–Trinajstić information content (AvgIpc) is 2.94. The highest BCUT2D eigenvalue weighted by molar-refractivity contribution is 6.55. The summed E-state index contributed by atoms with van der Waals surface area (Å²) in [4.78, 5) is 12.6. The lowest BCUT2D eigenvalue weighted by molar-refractivity contribution is -0.136. The zero-order chi connectivity index (χ0) is 27.8. The molecule has 0 saturated carbocycles. The molecular weight excluding hydrogens is 606 g/mol. The Balaban J connectivity index is 1.42. The summed E-state index contributed by atoms with van der Waals surface area (Å²) in [6, 6.07) is 20.7. The minimum Gasteiger partial charge on any atom is -0.479 e. The maximum Gasteiger partial charge on any atom is 0.349 e. The average molecular weight is 621 g/mol. The molecule has 11 heteroatoms. The summed E-state index contributed by atoms with van der Waals surface area (Å²) in [5.74, 6) is -0.887. The third-order valence-corrected chi connectivity index (χ3v) is 8.30. The molecule has 1 unspecified atom stereocenters. The Morgan fingerprint density at radius 2 is 1.56 bits per heavy atom. The van der Waals surface area contributed by atoms with Crippen molar-refractivity contribution in [2.45, 2.75) is 5.92 Å². The van der Waals surface area contributed by atoms with E-state index in [1.165, 1.54) is 6.07 Å². The lowest BCUT2D eigenvalue weighted by Gasteiger charge is -2.27. The van der Waals surface area contributed by atoms with Crippen LogP contribution in [0.3, 0.4) is 0 Å². The van der Waals surface area contributed by atoms with Crippen LogP contribution in [0.2, 0.25) is 25.1 Å². The van der Waals surface area contributed by atoms with Crippen molar-refractivity contribution in [2.75, 3.05) is 6.61 Å². The first-order chi connectivity index (χ1) is 18.7. The van der Waals surface area contributed by atoms with Crippen molar-refractivity contribution in [3.05, 3.63) is 108 Å². The van der Waals surface area contributed by atoms with Crippen molar-refractivity contribution in [2.24, 2.45) is 5.73 Å². The number of halogens is 5. The van der Waals surface area contributed by atoms with E-state index in [0.717, 1.165) is 16.3 Å². The van der Waals surface area contributed by atoms with Crippen LogP contribution in [0.4, 0.5) is 0 Å². The highest BCUT2D eigenvalue weighted by Crippen LogP contribution is 2.48. The van der Waals surface area contributed by atoms with Gasteiger partial charge in [0.1, 0.15) is 33.2 Å². The number of hydrogen-bond donors (Lipinski definition) is 1. The molecule has 4 aromatic carbocycles. The third-order valence-electron chi connectivity index (χ3n) is 6.06. The molecule has 4 aromatic rings. The highest BCUT2D eigenvalue weighted by atomic mass is 35.5. The van der Waals surface area contributed by atoms with E-state index in [-0.39, 0.29) is 48.1 Å². The predicted octanol–water partition coefficient (Wildman–Crippen LogP) is 8.31. The summed E-state index contributed by atoms with van der Waals surface area (Å²) in [7, 11) is 0. The van der Waals surface area contributed by atoms with Gasteiger partial charge in [-0.3, -0.25) is 0 Å². The second kappa shape index (κ2) is 11.1. The largest absolute Gasteiger partial charge is 0.479 e. The Labute approximate surface area is 247 Å². The van der Waals surface area contributed by atoms with Crippen LogP contribution in [-0.4, -0.2) is 12.6 Å². The molecule has 0 aliphatic carbocycles. The first-order valence-electron chi connectivity index (χ1n) is 11.2. The highest BCUT2D eigenvalue weighted by Gasteiger charge is 2.32. The van der Waals surface area contributed by atoms with Crippen LogP contribution in [0.25, 0.3) is 10.8 Å². The van der Waals surface area contributed by atoms with E-state index in [1.807, 2.05) is 42.5 Å². The Morgan fingerprint density at radius 1 is 0.897 bits per heavy atom. The van der Waals surface area contributed by atoms with E-state index in [9.17, 15) is 10.1 Å². The minimum atomic E-state index is -0.771. The van der Waals surface area contributed by atoms with Gasteiger partial charge in [0.15, 0.2) is 12.4 Å². The molecule has 0 radical (unpaired) electrons. The number of esters is 1. The number of carbonyl (C=O) groups excluding carboxylic acids is 1. The summed E-state index contributed by atoms with van der Waals surface area (Å²) in [5.41, 5.74) is 8.02. The minimum absolute atomic E-state index is 0.0319. The van der Waals surface area contributed by atoms with Gasteiger partial charge in [-0.05, 0) is 22.4 Å². The molecule has 1 heterocycles. The van der Waals surface area contributed by atoms with Gasteiger partial charge in [-0.25, -0.2) is 4.79 Å². The monoisotopic (exact) mass is 618 g/mol. The first-order valence-corrected chi connectivity index (χ1v) is 13.1. The van der Waals surface area contributed by atoms with Gasteiger partial charge in [0.05, 0.1) is 21.0 Å². The van der Waals surface area contributed by atoms with Gasteiger partial charge in [0.2, 0.25) is 5.88 Å². The molecule has 0 spiro atoms. The lowest BCUT2D eigenvalue weighted by atomic mass is 9.81. The molecule has 0 bridgehead atoms. The summed E-state index contributed by atoms with van der Waals surface area (Å²) >= 11 is 30.3. The van der Waals surface area contributed by atoms with Gasteiger partial charge >= 0.3 is 5.97 Å².